The molecule has 0 aliphatic carbocycles. The number of H-pyrrole nitrogens is 1. The number of aromatic amines is 1. The molecule has 108 valence electrons. The summed E-state index contributed by atoms with van der Waals surface area (Å²) in [6.45, 7) is 5.46. The highest BCUT2D eigenvalue weighted by atomic mass is 32.2. The second kappa shape index (κ2) is 5.58. The zero-order chi connectivity index (χ0) is 14.9. The largest absolute Gasteiger partial charge is 0.475 e. The lowest BCUT2D eigenvalue weighted by Crippen LogP contribution is -2.19. The van der Waals surface area contributed by atoms with Crippen LogP contribution < -0.4 is 5.69 Å². The minimum atomic E-state index is -1.09. The second-order valence-electron chi connectivity index (χ2n) is 4.59. The summed E-state index contributed by atoms with van der Waals surface area (Å²) < 4.78 is 6.80. The van der Waals surface area contributed by atoms with Gasteiger partial charge in [0.05, 0.1) is 5.75 Å². The van der Waals surface area contributed by atoms with E-state index < -0.39 is 5.97 Å². The molecule has 0 amide bonds. The Hall–Kier alpha value is -1.96. The first-order valence-corrected chi connectivity index (χ1v) is 7.01. The van der Waals surface area contributed by atoms with Crippen molar-refractivity contribution in [1.29, 1.82) is 0 Å². The first kappa shape index (κ1) is 14.4. The Labute approximate surface area is 119 Å². The minimum Gasteiger partial charge on any atom is -0.475 e. The summed E-state index contributed by atoms with van der Waals surface area (Å²) >= 11 is 1.32. The van der Waals surface area contributed by atoms with E-state index in [0.29, 0.717) is 22.2 Å². The van der Waals surface area contributed by atoms with Gasteiger partial charge in [-0.3, -0.25) is 4.57 Å². The van der Waals surface area contributed by atoms with Crippen LogP contribution in [-0.4, -0.2) is 25.8 Å². The number of nitrogens with one attached hydrogen (secondary N) is 1. The number of thioether (sulfide) groups is 1. The number of carbonyl (C=O) groups is 1. The molecule has 2 N–H and O–H groups in total. The average molecular weight is 297 g/mol. The standard InChI is InChI=1S/C12H15N3O4S/c1-6(2)15-11(18)13-14-12(15)20-5-8-4-7(3)9(19-8)10(16)17/h4,6H,5H2,1-3H3,(H,13,18)(H,16,17). The maximum absolute atomic E-state index is 11.6. The summed E-state index contributed by atoms with van der Waals surface area (Å²) in [4.78, 5) is 22.5. The number of rotatable bonds is 5. The van der Waals surface area contributed by atoms with E-state index in [1.165, 1.54) is 11.8 Å². The molecule has 0 aliphatic heterocycles. The number of carboxylic acids is 1. The van der Waals surface area contributed by atoms with E-state index in [1.54, 1.807) is 17.6 Å². The molecule has 8 heteroatoms. The fourth-order valence-electron chi connectivity index (χ4n) is 1.81. The molecule has 0 bridgehead atoms. The van der Waals surface area contributed by atoms with E-state index in [1.807, 2.05) is 13.8 Å². The number of aromatic carboxylic acids is 1. The first-order chi connectivity index (χ1) is 9.40. The molecule has 0 unspecified atom stereocenters. The van der Waals surface area contributed by atoms with Crippen molar-refractivity contribution in [2.24, 2.45) is 0 Å². The lowest BCUT2D eigenvalue weighted by atomic mass is 10.3. The molecule has 0 aromatic carbocycles. The van der Waals surface area contributed by atoms with Crippen molar-refractivity contribution >= 4 is 17.7 Å². The van der Waals surface area contributed by atoms with E-state index in [4.69, 9.17) is 9.52 Å². The van der Waals surface area contributed by atoms with Crippen molar-refractivity contribution in [1.82, 2.24) is 14.8 Å². The smallest absolute Gasteiger partial charge is 0.372 e. The van der Waals surface area contributed by atoms with Gasteiger partial charge in [0.2, 0.25) is 5.76 Å². The first-order valence-electron chi connectivity index (χ1n) is 6.02. The van der Waals surface area contributed by atoms with Crippen LogP contribution >= 0.6 is 11.8 Å². The van der Waals surface area contributed by atoms with Gasteiger partial charge in [-0.1, -0.05) is 11.8 Å². The molecule has 0 radical (unpaired) electrons. The molecule has 0 aliphatic rings. The molecule has 0 saturated heterocycles. The van der Waals surface area contributed by atoms with Crippen LogP contribution in [0.4, 0.5) is 0 Å². The van der Waals surface area contributed by atoms with Crippen LogP contribution in [0, 0.1) is 6.92 Å². The highest BCUT2D eigenvalue weighted by Gasteiger charge is 2.16. The quantitative estimate of drug-likeness (QED) is 0.819. The normalized spacial score (nSPS) is 11.2. The number of carboxylic acid groups (broad SMARTS) is 1. The van der Waals surface area contributed by atoms with Gasteiger partial charge in [0, 0.05) is 11.6 Å². The minimum absolute atomic E-state index is 0.00309. The SMILES string of the molecule is Cc1cc(CSc2n[nH]c(=O)n2C(C)C)oc1C(=O)O. The van der Waals surface area contributed by atoms with Crippen molar-refractivity contribution in [3.63, 3.8) is 0 Å². The molecule has 2 heterocycles. The van der Waals surface area contributed by atoms with E-state index in [2.05, 4.69) is 10.2 Å². The van der Waals surface area contributed by atoms with Crippen molar-refractivity contribution in [2.75, 3.05) is 0 Å². The Morgan fingerprint density at radius 1 is 1.60 bits per heavy atom. The van der Waals surface area contributed by atoms with Crippen LogP contribution in [0.1, 0.15) is 41.8 Å². The molecule has 7 nitrogen and oxygen atoms in total. The Kier molecular flexibility index (Phi) is 4.03. The van der Waals surface area contributed by atoms with Crippen LogP contribution in [-0.2, 0) is 5.75 Å². The highest BCUT2D eigenvalue weighted by molar-refractivity contribution is 7.98. The van der Waals surface area contributed by atoms with Gasteiger partial charge in [-0.15, -0.1) is 5.10 Å². The zero-order valence-electron chi connectivity index (χ0n) is 11.3. The molecule has 2 aromatic heterocycles. The number of hydrogen-bond donors (Lipinski definition) is 2. The van der Waals surface area contributed by atoms with Crippen molar-refractivity contribution in [3.05, 3.63) is 33.6 Å². The third-order valence-corrected chi connectivity index (χ3v) is 3.67. The van der Waals surface area contributed by atoms with Gasteiger partial charge in [0.1, 0.15) is 5.76 Å². The van der Waals surface area contributed by atoms with Gasteiger partial charge >= 0.3 is 11.7 Å². The highest BCUT2D eigenvalue weighted by Crippen LogP contribution is 2.24. The summed E-state index contributed by atoms with van der Waals surface area (Å²) in [5.41, 5.74) is 0.320. The monoisotopic (exact) mass is 297 g/mol. The number of furan rings is 1. The predicted molar refractivity (Wildman–Crippen MR) is 73.2 cm³/mol. The number of aryl methyl sites for hydroxylation is 1. The van der Waals surface area contributed by atoms with Gasteiger partial charge in [0.25, 0.3) is 0 Å². The molecule has 0 spiro atoms. The van der Waals surface area contributed by atoms with Crippen molar-refractivity contribution in [3.8, 4) is 0 Å². The second-order valence-corrected chi connectivity index (χ2v) is 5.54. The summed E-state index contributed by atoms with van der Waals surface area (Å²) in [6.07, 6.45) is 0. The van der Waals surface area contributed by atoms with Crippen LogP contribution in [0.25, 0.3) is 0 Å². The molecule has 0 fully saturated rings. The van der Waals surface area contributed by atoms with Crippen LogP contribution in [0.3, 0.4) is 0 Å². The van der Waals surface area contributed by atoms with Gasteiger partial charge in [-0.25, -0.2) is 14.7 Å². The lowest BCUT2D eigenvalue weighted by Gasteiger charge is -2.07. The molecular weight excluding hydrogens is 282 g/mol. The zero-order valence-corrected chi connectivity index (χ0v) is 12.2. The molecule has 2 rings (SSSR count). The molecule has 0 saturated carbocycles. The van der Waals surface area contributed by atoms with Gasteiger partial charge in [-0.05, 0) is 26.8 Å². The molecule has 0 atom stereocenters. The Bertz CT molecular complexity index is 683. The van der Waals surface area contributed by atoms with E-state index in [-0.39, 0.29) is 17.5 Å². The van der Waals surface area contributed by atoms with E-state index >= 15 is 0 Å². The average Bonchev–Trinajstić information content (AvgIpc) is 2.90. The van der Waals surface area contributed by atoms with Crippen LogP contribution in [0.2, 0.25) is 0 Å². The summed E-state index contributed by atoms with van der Waals surface area (Å²) in [5.74, 6) is -0.192. The van der Waals surface area contributed by atoms with Crippen LogP contribution in [0.5, 0.6) is 0 Å². The molecular formula is C12H15N3O4S. The Morgan fingerprint density at radius 3 is 2.85 bits per heavy atom. The maximum atomic E-state index is 11.6. The third-order valence-electron chi connectivity index (χ3n) is 2.70. The van der Waals surface area contributed by atoms with Gasteiger partial charge in [-0.2, -0.15) is 0 Å². The number of aromatic nitrogens is 3. The fourth-order valence-corrected chi connectivity index (χ4v) is 2.77. The topological polar surface area (TPSA) is 101 Å². The van der Waals surface area contributed by atoms with Gasteiger partial charge in [0.15, 0.2) is 5.16 Å². The van der Waals surface area contributed by atoms with Crippen molar-refractivity contribution in [2.45, 2.75) is 37.7 Å². The van der Waals surface area contributed by atoms with E-state index in [0.717, 1.165) is 0 Å². The number of nitrogens with zero attached hydrogens (tertiary/aromatic N) is 2. The van der Waals surface area contributed by atoms with Crippen molar-refractivity contribution < 1.29 is 14.3 Å². The Morgan fingerprint density at radius 2 is 2.30 bits per heavy atom. The number of hydrogen-bond acceptors (Lipinski definition) is 5. The lowest BCUT2D eigenvalue weighted by molar-refractivity contribution is 0.0659. The molecule has 20 heavy (non-hydrogen) atoms. The molecule has 2 aromatic rings. The van der Waals surface area contributed by atoms with E-state index in [9.17, 15) is 9.59 Å². The Balaban J connectivity index is 2.15. The summed E-state index contributed by atoms with van der Waals surface area (Å²) in [6, 6.07) is 1.68. The fraction of sp³-hybridized carbons (Fsp3) is 0.417. The van der Waals surface area contributed by atoms with Crippen LogP contribution in [0.15, 0.2) is 20.4 Å². The summed E-state index contributed by atoms with van der Waals surface area (Å²) in [7, 11) is 0. The summed E-state index contributed by atoms with van der Waals surface area (Å²) in [5, 5.41) is 15.8. The predicted octanol–water partition coefficient (Wildman–Crippen LogP) is 2.04. The third kappa shape index (κ3) is 2.79. The maximum Gasteiger partial charge on any atom is 0.372 e. The van der Waals surface area contributed by atoms with Gasteiger partial charge < -0.3 is 9.52 Å².